The van der Waals surface area contributed by atoms with Crippen molar-refractivity contribution in [3.05, 3.63) is 34.3 Å². The van der Waals surface area contributed by atoms with E-state index in [-0.39, 0.29) is 10.6 Å². The van der Waals surface area contributed by atoms with E-state index in [4.69, 9.17) is 9.15 Å². The van der Waals surface area contributed by atoms with Crippen molar-refractivity contribution in [1.82, 2.24) is 4.57 Å². The van der Waals surface area contributed by atoms with Crippen LogP contribution in [-0.4, -0.2) is 17.8 Å². The lowest BCUT2D eigenvalue weighted by molar-refractivity contribution is 0.185. The van der Waals surface area contributed by atoms with E-state index in [2.05, 4.69) is 22.0 Å². The van der Waals surface area contributed by atoms with Gasteiger partial charge in [-0.1, -0.05) is 22.0 Å². The molecule has 2 unspecified atom stereocenters. The van der Waals surface area contributed by atoms with Gasteiger partial charge in [0.1, 0.15) is 0 Å². The minimum atomic E-state index is -0.287. The number of hydrogen-bond donors (Lipinski definition) is 0. The second kappa shape index (κ2) is 5.13. The van der Waals surface area contributed by atoms with Gasteiger partial charge in [0.25, 0.3) is 0 Å². The third-order valence-corrected chi connectivity index (χ3v) is 4.98. The highest BCUT2D eigenvalue weighted by atomic mass is 79.9. The molecule has 0 N–H and O–H groups in total. The molecule has 2 aromatic rings. The zero-order valence-corrected chi connectivity index (χ0v) is 12.4. The Balaban J connectivity index is 1.99. The van der Waals surface area contributed by atoms with Gasteiger partial charge in [0.2, 0.25) is 0 Å². The SMILES string of the molecule is CCn1c(=O)oc2cc(C(Br)C3CCOC3)ccc21. The molecule has 1 aromatic carbocycles. The van der Waals surface area contributed by atoms with Crippen LogP contribution in [0.3, 0.4) is 0 Å². The van der Waals surface area contributed by atoms with Crippen LogP contribution in [0.4, 0.5) is 0 Å². The van der Waals surface area contributed by atoms with Gasteiger partial charge in [-0.15, -0.1) is 0 Å². The summed E-state index contributed by atoms with van der Waals surface area (Å²) in [6.45, 7) is 4.18. The highest BCUT2D eigenvalue weighted by molar-refractivity contribution is 9.09. The van der Waals surface area contributed by atoms with Crippen LogP contribution in [0.25, 0.3) is 11.1 Å². The van der Waals surface area contributed by atoms with Gasteiger partial charge in [-0.2, -0.15) is 0 Å². The van der Waals surface area contributed by atoms with E-state index < -0.39 is 0 Å². The molecule has 3 rings (SSSR count). The minimum absolute atomic E-state index is 0.245. The van der Waals surface area contributed by atoms with E-state index in [1.807, 2.05) is 19.1 Å². The third kappa shape index (κ3) is 2.25. The molecule has 0 saturated carbocycles. The number of oxazole rings is 1. The summed E-state index contributed by atoms with van der Waals surface area (Å²) in [5.41, 5.74) is 2.66. The lowest BCUT2D eigenvalue weighted by Crippen LogP contribution is -2.12. The van der Waals surface area contributed by atoms with Crippen LogP contribution >= 0.6 is 15.9 Å². The molecule has 1 aliphatic rings. The number of halogens is 1. The molecule has 4 nitrogen and oxygen atoms in total. The maximum Gasteiger partial charge on any atom is 0.419 e. The molecular formula is C14H16BrNO3. The number of fused-ring (bicyclic) bond motifs is 1. The van der Waals surface area contributed by atoms with Crippen molar-refractivity contribution >= 4 is 27.0 Å². The van der Waals surface area contributed by atoms with Crippen molar-refractivity contribution in [3.63, 3.8) is 0 Å². The second-order valence-corrected chi connectivity index (χ2v) is 5.85. The van der Waals surface area contributed by atoms with Gasteiger partial charge in [0, 0.05) is 23.9 Å². The monoisotopic (exact) mass is 325 g/mol. The Morgan fingerprint density at radius 3 is 3.05 bits per heavy atom. The quantitative estimate of drug-likeness (QED) is 0.814. The number of ether oxygens (including phenoxy) is 1. The van der Waals surface area contributed by atoms with Crippen molar-refractivity contribution in [3.8, 4) is 0 Å². The Labute approximate surface area is 119 Å². The van der Waals surface area contributed by atoms with E-state index in [0.717, 1.165) is 30.7 Å². The standard InChI is InChI=1S/C14H16BrNO3/c1-2-16-11-4-3-9(7-12(11)19-14(16)17)13(15)10-5-6-18-8-10/h3-4,7,10,13H,2,5-6,8H2,1H3. The first-order valence-electron chi connectivity index (χ1n) is 6.56. The molecule has 19 heavy (non-hydrogen) atoms. The normalized spacial score (nSPS) is 21.1. The zero-order valence-electron chi connectivity index (χ0n) is 10.8. The molecule has 0 bridgehead atoms. The van der Waals surface area contributed by atoms with Gasteiger partial charge in [-0.05, 0) is 31.0 Å². The molecule has 0 aliphatic carbocycles. The first kappa shape index (κ1) is 12.9. The summed E-state index contributed by atoms with van der Waals surface area (Å²) in [7, 11) is 0. The summed E-state index contributed by atoms with van der Waals surface area (Å²) < 4.78 is 12.4. The summed E-state index contributed by atoms with van der Waals surface area (Å²) >= 11 is 3.73. The summed E-state index contributed by atoms with van der Waals surface area (Å²) in [5.74, 6) is 0.197. The summed E-state index contributed by atoms with van der Waals surface area (Å²) in [6.07, 6.45) is 1.06. The Morgan fingerprint density at radius 2 is 2.37 bits per heavy atom. The fourth-order valence-corrected chi connectivity index (χ4v) is 3.31. The highest BCUT2D eigenvalue weighted by Gasteiger charge is 2.25. The predicted molar refractivity (Wildman–Crippen MR) is 76.7 cm³/mol. The molecule has 1 saturated heterocycles. The Kier molecular flexibility index (Phi) is 3.50. The lowest BCUT2D eigenvalue weighted by Gasteiger charge is -2.15. The number of alkyl halides is 1. The molecule has 0 spiro atoms. The Bertz CT molecular complexity index is 640. The van der Waals surface area contributed by atoms with E-state index in [1.165, 1.54) is 0 Å². The van der Waals surface area contributed by atoms with Crippen LogP contribution in [0, 0.1) is 5.92 Å². The molecular weight excluding hydrogens is 310 g/mol. The number of benzene rings is 1. The number of nitrogens with zero attached hydrogens (tertiary/aromatic N) is 1. The van der Waals surface area contributed by atoms with Crippen molar-refractivity contribution in [2.75, 3.05) is 13.2 Å². The average molecular weight is 326 g/mol. The second-order valence-electron chi connectivity index (χ2n) is 4.86. The molecule has 1 aromatic heterocycles. The van der Waals surface area contributed by atoms with Crippen LogP contribution in [0.1, 0.15) is 23.7 Å². The van der Waals surface area contributed by atoms with Crippen LogP contribution in [0.15, 0.2) is 27.4 Å². The molecule has 1 aliphatic heterocycles. The predicted octanol–water partition coefficient (Wildman–Crippen LogP) is 3.09. The summed E-state index contributed by atoms with van der Waals surface area (Å²) in [5, 5.41) is 0. The van der Waals surface area contributed by atoms with Crippen molar-refractivity contribution < 1.29 is 9.15 Å². The fourth-order valence-electron chi connectivity index (χ4n) is 2.61. The van der Waals surface area contributed by atoms with Gasteiger partial charge >= 0.3 is 5.76 Å². The smallest absolute Gasteiger partial charge is 0.408 e. The maximum absolute atomic E-state index is 11.7. The van der Waals surface area contributed by atoms with Crippen LogP contribution < -0.4 is 5.76 Å². The molecule has 1 fully saturated rings. The van der Waals surface area contributed by atoms with E-state index in [1.54, 1.807) is 4.57 Å². The number of rotatable bonds is 3. The van der Waals surface area contributed by atoms with E-state index in [0.29, 0.717) is 18.0 Å². The first-order valence-corrected chi connectivity index (χ1v) is 7.47. The van der Waals surface area contributed by atoms with Crippen molar-refractivity contribution in [2.24, 2.45) is 5.92 Å². The van der Waals surface area contributed by atoms with Gasteiger partial charge in [0.15, 0.2) is 5.58 Å². The maximum atomic E-state index is 11.7. The van der Waals surface area contributed by atoms with Gasteiger partial charge in [0.05, 0.1) is 12.1 Å². The van der Waals surface area contributed by atoms with Crippen molar-refractivity contribution in [2.45, 2.75) is 24.7 Å². The van der Waals surface area contributed by atoms with Gasteiger partial charge < -0.3 is 9.15 Å². The topological polar surface area (TPSA) is 44.4 Å². The molecule has 5 heteroatoms. The minimum Gasteiger partial charge on any atom is -0.408 e. The molecule has 2 atom stereocenters. The molecule has 0 radical (unpaired) electrons. The lowest BCUT2D eigenvalue weighted by atomic mass is 9.98. The molecule has 2 heterocycles. The summed E-state index contributed by atoms with van der Waals surface area (Å²) in [4.78, 5) is 11.9. The average Bonchev–Trinajstić information content (AvgIpc) is 3.03. The first-order chi connectivity index (χ1) is 9.20. The Morgan fingerprint density at radius 1 is 1.53 bits per heavy atom. The van der Waals surface area contributed by atoms with E-state index in [9.17, 15) is 4.79 Å². The molecule has 102 valence electrons. The highest BCUT2D eigenvalue weighted by Crippen LogP contribution is 2.36. The zero-order chi connectivity index (χ0) is 13.4. The van der Waals surface area contributed by atoms with Crippen LogP contribution in [-0.2, 0) is 11.3 Å². The largest absolute Gasteiger partial charge is 0.419 e. The number of aromatic nitrogens is 1. The van der Waals surface area contributed by atoms with E-state index >= 15 is 0 Å². The Hall–Kier alpha value is -1.07. The number of hydrogen-bond acceptors (Lipinski definition) is 3. The molecule has 0 amide bonds. The van der Waals surface area contributed by atoms with Gasteiger partial charge in [-0.3, -0.25) is 4.57 Å². The van der Waals surface area contributed by atoms with Crippen molar-refractivity contribution in [1.29, 1.82) is 0 Å². The summed E-state index contributed by atoms with van der Waals surface area (Å²) in [6, 6.07) is 5.98. The van der Waals surface area contributed by atoms with Crippen LogP contribution in [0.2, 0.25) is 0 Å². The fraction of sp³-hybridized carbons (Fsp3) is 0.500. The van der Waals surface area contributed by atoms with Gasteiger partial charge in [-0.25, -0.2) is 4.79 Å². The third-order valence-electron chi connectivity index (χ3n) is 3.71. The van der Waals surface area contributed by atoms with Crippen LogP contribution in [0.5, 0.6) is 0 Å². The number of aryl methyl sites for hydroxylation is 1.